The number of aryl methyl sites for hydroxylation is 1. The first-order valence-corrected chi connectivity index (χ1v) is 11.2. The van der Waals surface area contributed by atoms with Gasteiger partial charge in [-0.05, 0) is 72.2 Å². The van der Waals surface area contributed by atoms with Gasteiger partial charge in [-0.1, -0.05) is 45.7 Å². The Balaban J connectivity index is 1.57. The SMILES string of the molecule is Cc1cc(N2C(=O)NC(=O)/C(=C/c3ccc(OCc4cccc(F)c4)c(Cl)c3)C2=O)ccc1Br. The lowest BCUT2D eigenvalue weighted by molar-refractivity contribution is -0.122. The first-order valence-electron chi connectivity index (χ1n) is 10.1. The minimum absolute atomic E-state index is 0.114. The standard InChI is InChI=1S/C25H17BrClFN2O4/c1-14-9-18(6-7-20(14)26)30-24(32)19(23(31)29-25(30)33)11-15-5-8-22(21(27)12-15)34-13-16-3-2-4-17(28)10-16/h2-12H,13H2,1H3,(H,29,31,33)/b19-11-. The highest BCUT2D eigenvalue weighted by Gasteiger charge is 2.36. The highest BCUT2D eigenvalue weighted by molar-refractivity contribution is 9.10. The molecule has 0 saturated carbocycles. The van der Waals surface area contributed by atoms with E-state index in [4.69, 9.17) is 16.3 Å². The predicted octanol–water partition coefficient (Wildman–Crippen LogP) is 5.80. The fraction of sp³-hybridized carbons (Fsp3) is 0.0800. The number of hydrogen-bond acceptors (Lipinski definition) is 4. The van der Waals surface area contributed by atoms with Crippen LogP contribution in [0.25, 0.3) is 6.08 Å². The molecule has 0 bridgehead atoms. The number of amides is 4. The Morgan fingerprint density at radius 3 is 2.59 bits per heavy atom. The Morgan fingerprint density at radius 1 is 1.09 bits per heavy atom. The minimum Gasteiger partial charge on any atom is -0.487 e. The quantitative estimate of drug-likeness (QED) is 0.326. The molecule has 0 spiro atoms. The van der Waals surface area contributed by atoms with Crippen LogP contribution < -0.4 is 15.0 Å². The van der Waals surface area contributed by atoms with Crippen LogP contribution in [0.2, 0.25) is 5.02 Å². The van der Waals surface area contributed by atoms with Gasteiger partial charge in [0.15, 0.2) is 0 Å². The molecule has 4 amide bonds. The van der Waals surface area contributed by atoms with Crippen molar-refractivity contribution >= 4 is 57.1 Å². The summed E-state index contributed by atoms with van der Waals surface area (Å²) in [5.74, 6) is -1.56. The zero-order chi connectivity index (χ0) is 24.4. The van der Waals surface area contributed by atoms with Crippen LogP contribution in [-0.2, 0) is 16.2 Å². The molecular weight excluding hydrogens is 527 g/mol. The van der Waals surface area contributed by atoms with Gasteiger partial charge in [0.05, 0.1) is 10.7 Å². The molecule has 0 aromatic heterocycles. The number of carbonyl (C=O) groups excluding carboxylic acids is 3. The van der Waals surface area contributed by atoms with Gasteiger partial charge in [0.2, 0.25) is 0 Å². The molecule has 34 heavy (non-hydrogen) atoms. The highest BCUT2D eigenvalue weighted by Crippen LogP contribution is 2.29. The number of benzene rings is 3. The monoisotopic (exact) mass is 542 g/mol. The molecule has 1 saturated heterocycles. The summed E-state index contributed by atoms with van der Waals surface area (Å²) in [5.41, 5.74) is 2.04. The van der Waals surface area contributed by atoms with Gasteiger partial charge in [0.25, 0.3) is 11.8 Å². The molecule has 4 rings (SSSR count). The van der Waals surface area contributed by atoms with E-state index in [9.17, 15) is 18.8 Å². The molecule has 1 N–H and O–H groups in total. The van der Waals surface area contributed by atoms with E-state index in [-0.39, 0.29) is 23.0 Å². The van der Waals surface area contributed by atoms with Gasteiger partial charge in [-0.25, -0.2) is 14.1 Å². The van der Waals surface area contributed by atoms with Crippen molar-refractivity contribution in [3.63, 3.8) is 0 Å². The molecule has 6 nitrogen and oxygen atoms in total. The normalized spacial score (nSPS) is 15.0. The number of nitrogens with zero attached hydrogens (tertiary/aromatic N) is 1. The molecule has 0 atom stereocenters. The van der Waals surface area contributed by atoms with Gasteiger partial charge in [0, 0.05) is 4.47 Å². The third-order valence-electron chi connectivity index (χ3n) is 5.05. The number of hydrogen-bond donors (Lipinski definition) is 1. The maximum Gasteiger partial charge on any atom is 0.335 e. The van der Waals surface area contributed by atoms with Gasteiger partial charge in [-0.2, -0.15) is 0 Å². The molecule has 3 aromatic carbocycles. The number of imide groups is 2. The molecule has 1 heterocycles. The third kappa shape index (κ3) is 5.03. The van der Waals surface area contributed by atoms with Gasteiger partial charge >= 0.3 is 6.03 Å². The first kappa shape index (κ1) is 23.7. The van der Waals surface area contributed by atoms with E-state index < -0.39 is 17.8 Å². The van der Waals surface area contributed by atoms with Crippen LogP contribution in [0.15, 0.2) is 70.7 Å². The van der Waals surface area contributed by atoms with Crippen LogP contribution in [0.5, 0.6) is 5.75 Å². The average Bonchev–Trinajstić information content (AvgIpc) is 2.78. The average molecular weight is 544 g/mol. The molecule has 1 aliphatic rings. The molecule has 0 unspecified atom stereocenters. The van der Waals surface area contributed by atoms with Crippen molar-refractivity contribution < 1.29 is 23.5 Å². The van der Waals surface area contributed by atoms with E-state index in [1.54, 1.807) is 42.5 Å². The van der Waals surface area contributed by atoms with Gasteiger partial charge in [-0.3, -0.25) is 14.9 Å². The van der Waals surface area contributed by atoms with E-state index in [1.807, 2.05) is 6.92 Å². The fourth-order valence-electron chi connectivity index (χ4n) is 3.34. The molecule has 9 heteroatoms. The molecule has 172 valence electrons. The number of nitrogens with one attached hydrogen (secondary N) is 1. The zero-order valence-corrected chi connectivity index (χ0v) is 20.1. The number of barbiturate groups is 1. The smallest absolute Gasteiger partial charge is 0.335 e. The zero-order valence-electron chi connectivity index (χ0n) is 17.8. The van der Waals surface area contributed by atoms with E-state index in [1.165, 1.54) is 24.3 Å². The summed E-state index contributed by atoms with van der Waals surface area (Å²) in [7, 11) is 0. The molecule has 3 aromatic rings. The molecule has 0 radical (unpaired) electrons. The number of halogens is 3. The van der Waals surface area contributed by atoms with Crippen LogP contribution >= 0.6 is 27.5 Å². The topological polar surface area (TPSA) is 75.7 Å². The molecule has 0 aliphatic carbocycles. The van der Waals surface area contributed by atoms with Crippen LogP contribution in [0.1, 0.15) is 16.7 Å². The number of anilines is 1. The number of ether oxygens (including phenoxy) is 1. The van der Waals surface area contributed by atoms with Crippen molar-refractivity contribution in [1.82, 2.24) is 5.32 Å². The molecule has 1 aliphatic heterocycles. The van der Waals surface area contributed by atoms with Gasteiger partial charge in [0.1, 0.15) is 23.7 Å². The lowest BCUT2D eigenvalue weighted by Gasteiger charge is -2.26. The third-order valence-corrected chi connectivity index (χ3v) is 6.24. The summed E-state index contributed by atoms with van der Waals surface area (Å²) >= 11 is 9.69. The Kier molecular flexibility index (Phi) is 6.81. The van der Waals surface area contributed by atoms with Crippen molar-refractivity contribution in [2.24, 2.45) is 0 Å². The van der Waals surface area contributed by atoms with E-state index in [0.717, 1.165) is 14.9 Å². The lowest BCUT2D eigenvalue weighted by Crippen LogP contribution is -2.54. The molecule has 1 fully saturated rings. The Labute approximate surface area is 208 Å². The fourth-order valence-corrected chi connectivity index (χ4v) is 3.83. The largest absolute Gasteiger partial charge is 0.487 e. The van der Waals surface area contributed by atoms with Crippen LogP contribution in [0, 0.1) is 12.7 Å². The second kappa shape index (κ2) is 9.79. The second-order valence-corrected chi connectivity index (χ2v) is 8.76. The van der Waals surface area contributed by atoms with Crippen LogP contribution in [0.3, 0.4) is 0 Å². The first-order chi connectivity index (χ1) is 16.2. The number of rotatable bonds is 5. The molecular formula is C25H17BrClFN2O4. The van der Waals surface area contributed by atoms with E-state index >= 15 is 0 Å². The summed E-state index contributed by atoms with van der Waals surface area (Å²) in [6, 6.07) is 14.9. The highest BCUT2D eigenvalue weighted by atomic mass is 79.9. The van der Waals surface area contributed by atoms with Gasteiger partial charge < -0.3 is 4.74 Å². The lowest BCUT2D eigenvalue weighted by atomic mass is 10.1. The minimum atomic E-state index is -0.826. The summed E-state index contributed by atoms with van der Waals surface area (Å²) in [4.78, 5) is 38.8. The Bertz CT molecular complexity index is 1360. The Hall–Kier alpha value is -3.49. The number of urea groups is 1. The number of carbonyl (C=O) groups is 3. The van der Waals surface area contributed by atoms with Crippen molar-refractivity contribution in [2.45, 2.75) is 13.5 Å². The summed E-state index contributed by atoms with van der Waals surface area (Å²) in [5, 5.41) is 2.43. The van der Waals surface area contributed by atoms with Crippen molar-refractivity contribution in [2.75, 3.05) is 4.90 Å². The maximum atomic E-state index is 13.3. The predicted molar refractivity (Wildman–Crippen MR) is 130 cm³/mol. The van der Waals surface area contributed by atoms with Crippen LogP contribution in [0.4, 0.5) is 14.9 Å². The Morgan fingerprint density at radius 2 is 1.88 bits per heavy atom. The van der Waals surface area contributed by atoms with Crippen molar-refractivity contribution in [1.29, 1.82) is 0 Å². The summed E-state index contributed by atoms with van der Waals surface area (Å²) in [6.07, 6.45) is 1.35. The maximum absolute atomic E-state index is 13.3. The van der Waals surface area contributed by atoms with Crippen LogP contribution in [-0.4, -0.2) is 17.8 Å². The summed E-state index contributed by atoms with van der Waals surface area (Å²) < 4.78 is 19.8. The van der Waals surface area contributed by atoms with E-state index in [0.29, 0.717) is 22.6 Å². The van der Waals surface area contributed by atoms with Gasteiger partial charge in [-0.15, -0.1) is 0 Å². The van der Waals surface area contributed by atoms with Crippen molar-refractivity contribution in [3.8, 4) is 5.75 Å². The van der Waals surface area contributed by atoms with Crippen molar-refractivity contribution in [3.05, 3.63) is 98.2 Å². The van der Waals surface area contributed by atoms with E-state index in [2.05, 4.69) is 21.2 Å². The summed E-state index contributed by atoms with van der Waals surface area (Å²) in [6.45, 7) is 1.93. The second-order valence-electron chi connectivity index (χ2n) is 7.50.